The van der Waals surface area contributed by atoms with Crippen molar-refractivity contribution in [2.24, 2.45) is 0 Å². The van der Waals surface area contributed by atoms with Gasteiger partial charge in [-0.05, 0) is 30.5 Å². The number of hydrogen-bond acceptors (Lipinski definition) is 4. The van der Waals surface area contributed by atoms with Crippen molar-refractivity contribution < 1.29 is 18.3 Å². The van der Waals surface area contributed by atoms with Crippen LogP contribution in [0.1, 0.15) is 18.4 Å². The highest BCUT2D eigenvalue weighted by Gasteiger charge is 2.42. The van der Waals surface area contributed by atoms with Crippen LogP contribution in [0.3, 0.4) is 0 Å². The van der Waals surface area contributed by atoms with Crippen molar-refractivity contribution in [2.45, 2.75) is 24.5 Å². The van der Waals surface area contributed by atoms with Gasteiger partial charge in [-0.1, -0.05) is 17.7 Å². The molecule has 1 N–H and O–H groups in total. The summed E-state index contributed by atoms with van der Waals surface area (Å²) in [5.74, 6) is 0.578. The lowest BCUT2D eigenvalue weighted by atomic mass is 10.1. The zero-order valence-electron chi connectivity index (χ0n) is 9.60. The first-order chi connectivity index (χ1) is 8.38. The molecule has 0 spiro atoms. The SMILES string of the molecule is O=S1(=O)CC(Oc2ccc(C3(O)CC3)cc2Cl)C1. The Hall–Kier alpha value is -0.780. The van der Waals surface area contributed by atoms with Crippen molar-refractivity contribution in [1.82, 2.24) is 0 Å². The summed E-state index contributed by atoms with van der Waals surface area (Å²) in [6, 6.07) is 5.16. The molecule has 1 aliphatic carbocycles. The van der Waals surface area contributed by atoms with Gasteiger partial charge in [-0.15, -0.1) is 0 Å². The van der Waals surface area contributed by atoms with Crippen molar-refractivity contribution in [2.75, 3.05) is 11.5 Å². The van der Waals surface area contributed by atoms with E-state index in [0.717, 1.165) is 18.4 Å². The molecule has 0 unspecified atom stereocenters. The number of halogens is 1. The Morgan fingerprint density at radius 2 is 2.00 bits per heavy atom. The van der Waals surface area contributed by atoms with Crippen molar-refractivity contribution in [3.63, 3.8) is 0 Å². The van der Waals surface area contributed by atoms with Crippen molar-refractivity contribution in [3.8, 4) is 5.75 Å². The summed E-state index contributed by atoms with van der Waals surface area (Å²) in [6.07, 6.45) is 1.21. The third-order valence-corrected chi connectivity index (χ3v) is 5.42. The monoisotopic (exact) mass is 288 g/mol. The minimum absolute atomic E-state index is 0.0506. The lowest BCUT2D eigenvalue weighted by Gasteiger charge is -2.27. The van der Waals surface area contributed by atoms with E-state index in [1.807, 2.05) is 0 Å². The molecule has 1 aromatic carbocycles. The summed E-state index contributed by atoms with van der Waals surface area (Å²) < 4.78 is 27.6. The average Bonchev–Trinajstić information content (AvgIpc) is 2.98. The van der Waals surface area contributed by atoms with E-state index >= 15 is 0 Å². The first-order valence-corrected chi connectivity index (χ1v) is 7.97. The van der Waals surface area contributed by atoms with Gasteiger partial charge in [0.1, 0.15) is 11.9 Å². The summed E-state index contributed by atoms with van der Waals surface area (Å²) in [6.45, 7) is 0. The van der Waals surface area contributed by atoms with Crippen LogP contribution in [0.4, 0.5) is 0 Å². The fourth-order valence-electron chi connectivity index (χ4n) is 2.06. The molecule has 1 saturated carbocycles. The van der Waals surface area contributed by atoms with Gasteiger partial charge in [-0.2, -0.15) is 0 Å². The molecule has 0 aromatic heterocycles. The van der Waals surface area contributed by atoms with Crippen LogP contribution in [-0.4, -0.2) is 31.1 Å². The van der Waals surface area contributed by atoms with Crippen molar-refractivity contribution in [3.05, 3.63) is 28.8 Å². The molecule has 0 atom stereocenters. The second-order valence-corrected chi connectivity index (χ2v) is 7.55. The van der Waals surface area contributed by atoms with E-state index in [4.69, 9.17) is 16.3 Å². The molecular weight excluding hydrogens is 276 g/mol. The van der Waals surface area contributed by atoms with Crippen LogP contribution in [-0.2, 0) is 15.4 Å². The Labute approximate surface area is 110 Å². The predicted octanol–water partition coefficient (Wildman–Crippen LogP) is 1.50. The van der Waals surface area contributed by atoms with Gasteiger partial charge in [0.15, 0.2) is 9.84 Å². The zero-order chi connectivity index (χ0) is 13.0. The van der Waals surface area contributed by atoms with Crippen LogP contribution in [0.15, 0.2) is 18.2 Å². The van der Waals surface area contributed by atoms with Gasteiger partial charge < -0.3 is 9.84 Å². The van der Waals surface area contributed by atoms with Crippen molar-refractivity contribution in [1.29, 1.82) is 0 Å². The second-order valence-electron chi connectivity index (χ2n) is 4.99. The molecule has 98 valence electrons. The van der Waals surface area contributed by atoms with Gasteiger partial charge in [-0.3, -0.25) is 0 Å². The van der Waals surface area contributed by atoms with Gasteiger partial charge in [-0.25, -0.2) is 8.42 Å². The van der Waals surface area contributed by atoms with E-state index in [2.05, 4.69) is 0 Å². The maximum Gasteiger partial charge on any atom is 0.157 e. The molecule has 18 heavy (non-hydrogen) atoms. The normalized spacial score (nSPS) is 24.3. The molecule has 0 radical (unpaired) electrons. The summed E-state index contributed by atoms with van der Waals surface area (Å²) in [5.41, 5.74) is 0.0724. The number of benzene rings is 1. The number of rotatable bonds is 3. The molecule has 6 heteroatoms. The van der Waals surface area contributed by atoms with Crippen LogP contribution in [0.5, 0.6) is 5.75 Å². The highest BCUT2D eigenvalue weighted by molar-refractivity contribution is 7.92. The van der Waals surface area contributed by atoms with Crippen LogP contribution in [0.25, 0.3) is 0 Å². The highest BCUT2D eigenvalue weighted by Crippen LogP contribution is 2.46. The first-order valence-electron chi connectivity index (χ1n) is 5.77. The number of sulfone groups is 1. The summed E-state index contributed by atoms with van der Waals surface area (Å²) in [7, 11) is -2.89. The summed E-state index contributed by atoms with van der Waals surface area (Å²) in [4.78, 5) is 0. The van der Waals surface area contributed by atoms with Crippen LogP contribution < -0.4 is 4.74 Å². The third-order valence-electron chi connectivity index (χ3n) is 3.37. The lowest BCUT2D eigenvalue weighted by Crippen LogP contribution is -2.45. The van der Waals surface area contributed by atoms with Crippen molar-refractivity contribution >= 4 is 21.4 Å². The highest BCUT2D eigenvalue weighted by atomic mass is 35.5. The minimum atomic E-state index is -2.89. The van der Waals surface area contributed by atoms with Gasteiger partial charge in [0.25, 0.3) is 0 Å². The maximum absolute atomic E-state index is 11.0. The zero-order valence-corrected chi connectivity index (χ0v) is 11.2. The maximum atomic E-state index is 11.0. The molecule has 4 nitrogen and oxygen atoms in total. The first kappa shape index (κ1) is 12.3. The van der Waals surface area contributed by atoms with E-state index in [1.165, 1.54) is 0 Å². The Kier molecular flexibility index (Phi) is 2.63. The van der Waals surface area contributed by atoms with E-state index in [1.54, 1.807) is 18.2 Å². The Bertz CT molecular complexity index is 580. The molecule has 1 heterocycles. The summed E-state index contributed by atoms with van der Waals surface area (Å²) in [5, 5.41) is 10.4. The largest absolute Gasteiger partial charge is 0.487 e. The molecular formula is C12H13ClO4S. The van der Waals surface area contributed by atoms with E-state index in [-0.39, 0.29) is 17.6 Å². The third kappa shape index (κ3) is 2.22. The lowest BCUT2D eigenvalue weighted by molar-refractivity contribution is 0.151. The molecule has 2 aliphatic rings. The Morgan fingerprint density at radius 1 is 1.33 bits per heavy atom. The standard InChI is InChI=1S/C12H13ClO4S/c13-10-5-8(12(14)3-4-12)1-2-11(10)17-9-6-18(15,16)7-9/h1-2,5,9,14H,3-4,6-7H2. The second kappa shape index (κ2) is 3.85. The van der Waals surface area contributed by atoms with Crippen LogP contribution in [0.2, 0.25) is 5.02 Å². The Morgan fingerprint density at radius 3 is 2.50 bits per heavy atom. The van der Waals surface area contributed by atoms with Crippen LogP contribution in [0, 0.1) is 0 Å². The number of hydrogen-bond donors (Lipinski definition) is 1. The van der Waals surface area contributed by atoms with Gasteiger partial charge >= 0.3 is 0 Å². The fourth-order valence-corrected chi connectivity index (χ4v) is 3.45. The average molecular weight is 289 g/mol. The summed E-state index contributed by atoms with van der Waals surface area (Å²) >= 11 is 6.07. The smallest absolute Gasteiger partial charge is 0.157 e. The number of aliphatic hydroxyl groups is 1. The fraction of sp³-hybridized carbons (Fsp3) is 0.500. The molecule has 0 amide bonds. The molecule has 2 fully saturated rings. The minimum Gasteiger partial charge on any atom is -0.487 e. The van der Waals surface area contributed by atoms with E-state index in [9.17, 15) is 13.5 Å². The van der Waals surface area contributed by atoms with Gasteiger partial charge in [0, 0.05) is 0 Å². The van der Waals surface area contributed by atoms with Crippen LogP contribution >= 0.6 is 11.6 Å². The predicted molar refractivity (Wildman–Crippen MR) is 67.7 cm³/mol. The topological polar surface area (TPSA) is 63.6 Å². The van der Waals surface area contributed by atoms with Gasteiger partial charge in [0.2, 0.25) is 0 Å². The van der Waals surface area contributed by atoms with E-state index < -0.39 is 15.4 Å². The van der Waals surface area contributed by atoms with E-state index in [0.29, 0.717) is 10.8 Å². The Balaban J connectivity index is 1.74. The molecule has 1 saturated heterocycles. The molecule has 1 aliphatic heterocycles. The molecule has 0 bridgehead atoms. The number of ether oxygens (including phenoxy) is 1. The molecule has 3 rings (SSSR count). The quantitative estimate of drug-likeness (QED) is 0.915. The van der Waals surface area contributed by atoms with Gasteiger partial charge in [0.05, 0.1) is 22.1 Å². The molecule has 1 aromatic rings.